The highest BCUT2D eigenvalue weighted by Gasteiger charge is 2.31. The summed E-state index contributed by atoms with van der Waals surface area (Å²) in [6.45, 7) is 38.9. The van der Waals surface area contributed by atoms with E-state index in [1.54, 1.807) is 34.9 Å². The molecule has 0 spiro atoms. The minimum Gasteiger partial charge on any atom is -0.481 e. The summed E-state index contributed by atoms with van der Waals surface area (Å²) in [5.41, 5.74) is 14.8. The number of nitrogens with zero attached hydrogens (tertiary/aromatic N) is 6. The van der Waals surface area contributed by atoms with Gasteiger partial charge in [0.25, 0.3) is 11.8 Å². The van der Waals surface area contributed by atoms with Crippen LogP contribution in [0.15, 0.2) is 70.5 Å². The fourth-order valence-corrected chi connectivity index (χ4v) is 9.64. The molecule has 0 saturated carbocycles. The van der Waals surface area contributed by atoms with Crippen LogP contribution in [-0.4, -0.2) is 76.7 Å². The number of ether oxygens (including phenoxy) is 2. The van der Waals surface area contributed by atoms with Gasteiger partial charge in [-0.2, -0.15) is 9.26 Å². The first-order chi connectivity index (χ1) is 36.1. The molecule has 7 aromatic rings. The predicted octanol–water partition coefficient (Wildman–Crippen LogP) is 13.2. The van der Waals surface area contributed by atoms with Crippen molar-refractivity contribution in [3.05, 3.63) is 111 Å². The number of fused-ring (bicyclic) bond motifs is 2. The van der Waals surface area contributed by atoms with E-state index in [-0.39, 0.29) is 45.3 Å². The fraction of sp³-hybridized carbons (Fsp3) is 0.533. The lowest BCUT2D eigenvalue weighted by atomic mass is 9.76. The van der Waals surface area contributed by atoms with Gasteiger partial charge in [-0.15, -0.1) is 10.2 Å². The van der Waals surface area contributed by atoms with Crippen LogP contribution in [0.2, 0.25) is 5.02 Å². The number of carbonyl (C=O) groups excluding carboxylic acids is 2. The van der Waals surface area contributed by atoms with E-state index in [2.05, 4.69) is 143 Å². The van der Waals surface area contributed by atoms with Gasteiger partial charge in [0.15, 0.2) is 35.2 Å². The summed E-state index contributed by atoms with van der Waals surface area (Å²) < 4.78 is 15.8. The van der Waals surface area contributed by atoms with Crippen LogP contribution in [0.5, 0.6) is 11.5 Å². The summed E-state index contributed by atoms with van der Waals surface area (Å²) >= 11 is 7.83. The Morgan fingerprint density at radius 1 is 0.636 bits per heavy atom. The maximum Gasteiger partial charge on any atom is 0.260 e. The number of aromatic amines is 2. The number of aryl methyl sites for hydroxylation is 2. The van der Waals surface area contributed by atoms with Crippen molar-refractivity contribution < 1.29 is 19.1 Å². The predicted molar refractivity (Wildman–Crippen MR) is 313 cm³/mol. The second kappa shape index (κ2) is 24.3. The van der Waals surface area contributed by atoms with Gasteiger partial charge in [0.2, 0.25) is 0 Å². The number of carbonyl (C=O) groups is 2. The van der Waals surface area contributed by atoms with Gasteiger partial charge in [0, 0.05) is 52.3 Å². The zero-order chi connectivity index (χ0) is 56.9. The molecule has 77 heavy (non-hydrogen) atoms. The highest BCUT2D eigenvalue weighted by molar-refractivity contribution is 7.99. The molecule has 418 valence electrons. The molecule has 0 saturated heterocycles. The molecule has 0 aliphatic rings. The lowest BCUT2D eigenvalue weighted by Gasteiger charge is -2.31. The van der Waals surface area contributed by atoms with Gasteiger partial charge < -0.3 is 25.8 Å². The average molecular weight is 1090 g/mol. The van der Waals surface area contributed by atoms with Gasteiger partial charge in [0.1, 0.15) is 16.5 Å². The SMILES string of the molecule is CCC(C)(C)c1ccc(OC(C)C(=O)NCC(C)c2nc3c(Cl)c(C)[nH]n3n2)c(C(C)(C)CC)c1.CCC(C)(C)c1ccc(OC(C)C(=O)NCC(C)c2nc3c(Sc4ccccc4N)c(C)[nH]n3n2)c(C(C)(C)CC)c1. The highest BCUT2D eigenvalue weighted by Crippen LogP contribution is 2.41. The van der Waals surface area contributed by atoms with Gasteiger partial charge in [-0.25, -0.2) is 9.97 Å². The summed E-state index contributed by atoms with van der Waals surface area (Å²) in [5.74, 6) is 2.27. The zero-order valence-corrected chi connectivity index (χ0v) is 50.6. The van der Waals surface area contributed by atoms with Crippen molar-refractivity contribution >= 4 is 52.2 Å². The van der Waals surface area contributed by atoms with Gasteiger partial charge in [0.05, 0.1) is 10.6 Å². The second-order valence-corrected chi connectivity index (χ2v) is 24.8. The average Bonchev–Trinajstić information content (AvgIpc) is 4.18. The van der Waals surface area contributed by atoms with Crippen LogP contribution in [-0.2, 0) is 31.2 Å². The van der Waals surface area contributed by atoms with Gasteiger partial charge in [-0.3, -0.25) is 19.8 Å². The molecule has 0 aliphatic heterocycles. The summed E-state index contributed by atoms with van der Waals surface area (Å²) in [6.07, 6.45) is 2.72. The molecule has 17 heteroatoms. The van der Waals surface area contributed by atoms with E-state index in [0.717, 1.165) is 80.8 Å². The number of amides is 2. The molecule has 4 unspecified atom stereocenters. The molecule has 4 aromatic heterocycles. The van der Waals surface area contributed by atoms with Gasteiger partial charge in [-0.05, 0) is 110 Å². The van der Waals surface area contributed by atoms with Crippen LogP contribution < -0.4 is 25.8 Å². The van der Waals surface area contributed by atoms with E-state index in [9.17, 15) is 9.59 Å². The Morgan fingerprint density at radius 2 is 1.05 bits per heavy atom. The maximum atomic E-state index is 13.1. The van der Waals surface area contributed by atoms with E-state index in [1.807, 2.05) is 64.1 Å². The Balaban J connectivity index is 0.000000254. The smallest absolute Gasteiger partial charge is 0.260 e. The molecule has 0 radical (unpaired) electrons. The molecule has 6 N–H and O–H groups in total. The fourth-order valence-electron chi connectivity index (χ4n) is 8.50. The number of nitrogens with two attached hydrogens (primary N) is 1. The van der Waals surface area contributed by atoms with Crippen molar-refractivity contribution in [2.45, 2.75) is 206 Å². The number of rotatable bonds is 22. The summed E-state index contributed by atoms with van der Waals surface area (Å²) in [6, 6.07) is 20.6. The van der Waals surface area contributed by atoms with Gasteiger partial charge >= 0.3 is 0 Å². The van der Waals surface area contributed by atoms with E-state index in [4.69, 9.17) is 31.8 Å². The third-order valence-corrected chi connectivity index (χ3v) is 17.6. The summed E-state index contributed by atoms with van der Waals surface area (Å²) in [5, 5.41) is 22.0. The third kappa shape index (κ3) is 13.8. The quantitative estimate of drug-likeness (QED) is 0.0408. The molecule has 4 heterocycles. The molecule has 0 bridgehead atoms. The highest BCUT2D eigenvalue weighted by atomic mass is 35.5. The third-order valence-electron chi connectivity index (χ3n) is 15.9. The topological polar surface area (TPSA) is 195 Å². The first-order valence-corrected chi connectivity index (χ1v) is 28.5. The van der Waals surface area contributed by atoms with E-state index < -0.39 is 12.2 Å². The lowest BCUT2D eigenvalue weighted by molar-refractivity contribution is -0.128. The maximum absolute atomic E-state index is 13.1. The number of nitrogens with one attached hydrogen (secondary N) is 4. The van der Waals surface area contributed by atoms with Crippen molar-refractivity contribution in [2.24, 2.45) is 0 Å². The Kier molecular flexibility index (Phi) is 19.0. The van der Waals surface area contributed by atoms with Crippen LogP contribution in [0.25, 0.3) is 11.3 Å². The van der Waals surface area contributed by atoms with Crippen LogP contribution in [0.1, 0.15) is 194 Å². The summed E-state index contributed by atoms with van der Waals surface area (Å²) in [4.78, 5) is 37.3. The normalized spacial score (nSPS) is 14.0. The molecular formula is C60H86ClN11O4S. The number of benzene rings is 3. The second-order valence-electron chi connectivity index (χ2n) is 23.4. The number of aromatic nitrogens is 8. The van der Waals surface area contributed by atoms with Crippen molar-refractivity contribution in [3.8, 4) is 11.5 Å². The van der Waals surface area contributed by atoms with Crippen molar-refractivity contribution in [1.82, 2.24) is 50.3 Å². The number of hydrogen-bond acceptors (Lipinski definition) is 10. The Morgan fingerprint density at radius 3 is 1.48 bits per heavy atom. The number of para-hydroxylation sites is 1. The van der Waals surface area contributed by atoms with Crippen molar-refractivity contribution in [1.29, 1.82) is 0 Å². The molecule has 0 fully saturated rings. The zero-order valence-electron chi connectivity index (χ0n) is 49.0. The molecule has 15 nitrogen and oxygen atoms in total. The van der Waals surface area contributed by atoms with Crippen LogP contribution in [0, 0.1) is 13.8 Å². The molecular weight excluding hydrogens is 1010 g/mol. The lowest BCUT2D eigenvalue weighted by Crippen LogP contribution is -2.38. The van der Waals surface area contributed by atoms with Crippen molar-refractivity contribution in [3.63, 3.8) is 0 Å². The first-order valence-electron chi connectivity index (χ1n) is 27.3. The monoisotopic (exact) mass is 1090 g/mol. The molecule has 0 aliphatic carbocycles. The van der Waals surface area contributed by atoms with Gasteiger partial charge in [-0.1, -0.05) is 157 Å². The Labute approximate surface area is 466 Å². The first kappa shape index (κ1) is 60.2. The summed E-state index contributed by atoms with van der Waals surface area (Å²) in [7, 11) is 0. The molecule has 4 atom stereocenters. The minimum atomic E-state index is -0.653. The largest absolute Gasteiger partial charge is 0.481 e. The minimum absolute atomic E-state index is 0.0654. The van der Waals surface area contributed by atoms with Crippen LogP contribution in [0.4, 0.5) is 5.69 Å². The number of H-pyrrole nitrogens is 2. The van der Waals surface area contributed by atoms with Crippen molar-refractivity contribution in [2.75, 3.05) is 18.8 Å². The van der Waals surface area contributed by atoms with E-state index in [0.29, 0.717) is 35.4 Å². The molecule has 2 amide bonds. The number of halogens is 1. The number of nitrogen functional groups attached to an aromatic ring is 1. The van der Waals surface area contributed by atoms with Crippen LogP contribution in [0.3, 0.4) is 0 Å². The Hall–Kier alpha value is -6.00. The van der Waals surface area contributed by atoms with Crippen LogP contribution >= 0.6 is 23.4 Å². The molecule has 7 rings (SSSR count). The van der Waals surface area contributed by atoms with E-state index in [1.165, 1.54) is 11.1 Å². The Bertz CT molecular complexity index is 3160. The number of hydrogen-bond donors (Lipinski definition) is 5. The number of anilines is 1. The van der Waals surface area contributed by atoms with E-state index >= 15 is 0 Å². The standard InChI is InChI=1S/C33H46N6O2S.C27H40ClN5O2/c1-10-32(6,7)23-16-17-26(24(18-23)33(8,9)11-2)41-22(5)31(40)35-19-20(3)29-36-30-28(21(4)37-39(30)38-29)42-27-15-13-12-14-25(27)34;1-10-26(6,7)19-12-13-21(20(14-19)27(8,9)11-2)35-18(5)25(34)29-15-16(3)23-30-24-22(28)17(4)31-33(24)32-23/h12-18,20,22,37H,10-11,19,34H2,1-9H3,(H,35,40);12-14,16,18,31H,10-11,15H2,1-9H3,(H,29,34). The molecule has 3 aromatic carbocycles.